The molecule has 0 bridgehead atoms. The third-order valence-corrected chi connectivity index (χ3v) is 4.09. The molecule has 0 radical (unpaired) electrons. The van der Waals surface area contributed by atoms with Crippen LogP contribution in [-0.2, 0) is 10.0 Å². The van der Waals surface area contributed by atoms with Crippen molar-refractivity contribution >= 4 is 15.7 Å². The highest BCUT2D eigenvalue weighted by Crippen LogP contribution is 2.22. The number of nitrogens with one attached hydrogen (secondary N) is 2. The Morgan fingerprint density at radius 2 is 2.16 bits per heavy atom. The summed E-state index contributed by atoms with van der Waals surface area (Å²) >= 11 is 0. The molecule has 1 aromatic carbocycles. The van der Waals surface area contributed by atoms with E-state index in [1.165, 1.54) is 25.3 Å². The lowest BCUT2D eigenvalue weighted by Crippen LogP contribution is -2.28. The van der Waals surface area contributed by atoms with Crippen LogP contribution in [0.2, 0.25) is 0 Å². The Labute approximate surface area is 112 Å². The van der Waals surface area contributed by atoms with Gasteiger partial charge in [0.2, 0.25) is 10.0 Å². The van der Waals surface area contributed by atoms with Gasteiger partial charge in [-0.3, -0.25) is 4.72 Å². The van der Waals surface area contributed by atoms with Crippen molar-refractivity contribution in [3.8, 4) is 5.75 Å². The Hall–Kier alpha value is -1.34. The summed E-state index contributed by atoms with van der Waals surface area (Å²) in [5.74, 6) is -0.310. The second kappa shape index (κ2) is 5.75. The maximum atomic E-state index is 13.5. The van der Waals surface area contributed by atoms with Crippen molar-refractivity contribution in [2.75, 3.05) is 24.1 Å². The number of methoxy groups -OCH3 is 1. The maximum absolute atomic E-state index is 13.5. The zero-order valence-electron chi connectivity index (χ0n) is 10.6. The van der Waals surface area contributed by atoms with Crippen molar-refractivity contribution in [2.45, 2.75) is 18.9 Å². The molecule has 2 N–H and O–H groups in total. The van der Waals surface area contributed by atoms with Crippen LogP contribution in [0.4, 0.5) is 10.1 Å². The Morgan fingerprint density at radius 3 is 2.79 bits per heavy atom. The predicted molar refractivity (Wildman–Crippen MR) is 71.4 cm³/mol. The van der Waals surface area contributed by atoms with E-state index in [9.17, 15) is 12.8 Å². The van der Waals surface area contributed by atoms with Gasteiger partial charge in [-0.05, 0) is 25.0 Å². The molecule has 106 valence electrons. The Morgan fingerprint density at radius 1 is 1.42 bits per heavy atom. The zero-order valence-corrected chi connectivity index (χ0v) is 11.5. The van der Waals surface area contributed by atoms with Crippen LogP contribution in [-0.4, -0.2) is 33.9 Å². The first-order valence-electron chi connectivity index (χ1n) is 6.07. The molecule has 2 rings (SSSR count). The summed E-state index contributed by atoms with van der Waals surface area (Å²) in [6, 6.07) is 4.37. The maximum Gasteiger partial charge on any atom is 0.234 e. The highest BCUT2D eigenvalue weighted by Gasteiger charge is 2.21. The summed E-state index contributed by atoms with van der Waals surface area (Å²) < 4.78 is 44.3. The summed E-state index contributed by atoms with van der Waals surface area (Å²) in [4.78, 5) is 0. The van der Waals surface area contributed by atoms with Crippen molar-refractivity contribution in [2.24, 2.45) is 0 Å². The van der Waals surface area contributed by atoms with Gasteiger partial charge in [0, 0.05) is 18.7 Å². The summed E-state index contributed by atoms with van der Waals surface area (Å²) in [5.41, 5.74) is -0.0919. The van der Waals surface area contributed by atoms with Crippen LogP contribution in [0.3, 0.4) is 0 Å². The molecule has 7 heteroatoms. The van der Waals surface area contributed by atoms with Gasteiger partial charge in [0.1, 0.15) is 11.6 Å². The van der Waals surface area contributed by atoms with Gasteiger partial charge in [0.15, 0.2) is 0 Å². The lowest BCUT2D eigenvalue weighted by molar-refractivity contribution is 0.414. The minimum absolute atomic E-state index is 0.0832. The van der Waals surface area contributed by atoms with E-state index in [4.69, 9.17) is 4.74 Å². The molecule has 0 saturated heterocycles. The number of halogens is 1. The lowest BCUT2D eigenvalue weighted by Gasteiger charge is -2.10. The molecule has 5 nitrogen and oxygen atoms in total. The van der Waals surface area contributed by atoms with Crippen LogP contribution in [0, 0.1) is 5.82 Å². The fourth-order valence-corrected chi connectivity index (χ4v) is 2.59. The third-order valence-electron chi connectivity index (χ3n) is 2.82. The van der Waals surface area contributed by atoms with Crippen LogP contribution in [0.5, 0.6) is 5.75 Å². The van der Waals surface area contributed by atoms with Gasteiger partial charge >= 0.3 is 0 Å². The summed E-state index contributed by atoms with van der Waals surface area (Å²) in [6.07, 6.45) is 2.19. The molecule has 1 fully saturated rings. The van der Waals surface area contributed by atoms with Crippen molar-refractivity contribution in [1.82, 2.24) is 5.32 Å². The lowest BCUT2D eigenvalue weighted by atomic mass is 10.3. The predicted octanol–water partition coefficient (Wildman–Crippen LogP) is 1.33. The van der Waals surface area contributed by atoms with E-state index in [-0.39, 0.29) is 11.4 Å². The molecule has 0 heterocycles. The highest BCUT2D eigenvalue weighted by atomic mass is 32.2. The first kappa shape index (κ1) is 14.1. The first-order chi connectivity index (χ1) is 9.00. The standard InChI is InChI=1S/C12H17FN2O3S/c1-18-10-4-5-11(13)12(8-10)15-19(16,17)7-6-14-9-2-3-9/h4-5,8-9,14-15H,2-3,6-7H2,1H3. The van der Waals surface area contributed by atoms with Gasteiger partial charge in [-0.25, -0.2) is 12.8 Å². The van der Waals surface area contributed by atoms with Gasteiger partial charge in [-0.15, -0.1) is 0 Å². The van der Waals surface area contributed by atoms with E-state index < -0.39 is 15.8 Å². The second-order valence-corrected chi connectivity index (χ2v) is 6.34. The molecule has 1 aliphatic carbocycles. The number of sulfonamides is 1. The fraction of sp³-hybridized carbons (Fsp3) is 0.500. The average Bonchev–Trinajstić information content (AvgIpc) is 3.15. The Kier molecular flexibility index (Phi) is 4.26. The second-order valence-electron chi connectivity index (χ2n) is 4.50. The normalized spacial score (nSPS) is 15.3. The van der Waals surface area contributed by atoms with E-state index in [0.29, 0.717) is 18.3 Å². The van der Waals surface area contributed by atoms with E-state index in [1.54, 1.807) is 0 Å². The van der Waals surface area contributed by atoms with Crippen molar-refractivity contribution in [1.29, 1.82) is 0 Å². The first-order valence-corrected chi connectivity index (χ1v) is 7.73. The molecular formula is C12H17FN2O3S. The van der Waals surface area contributed by atoms with Crippen molar-refractivity contribution in [3.63, 3.8) is 0 Å². The molecule has 1 saturated carbocycles. The number of ether oxygens (including phenoxy) is 1. The van der Waals surface area contributed by atoms with E-state index in [0.717, 1.165) is 12.8 Å². The molecule has 0 atom stereocenters. The van der Waals surface area contributed by atoms with Gasteiger partial charge in [0.25, 0.3) is 0 Å². The van der Waals surface area contributed by atoms with Gasteiger partial charge in [-0.2, -0.15) is 0 Å². The van der Waals surface area contributed by atoms with E-state index in [1.807, 2.05) is 0 Å². The van der Waals surface area contributed by atoms with Crippen LogP contribution in [0.25, 0.3) is 0 Å². The molecule has 0 unspecified atom stereocenters. The van der Waals surface area contributed by atoms with Crippen LogP contribution >= 0.6 is 0 Å². The number of hydrogen-bond donors (Lipinski definition) is 2. The largest absolute Gasteiger partial charge is 0.497 e. The highest BCUT2D eigenvalue weighted by molar-refractivity contribution is 7.92. The third kappa shape index (κ3) is 4.36. The van der Waals surface area contributed by atoms with Gasteiger partial charge in [0.05, 0.1) is 18.6 Å². The average molecular weight is 288 g/mol. The van der Waals surface area contributed by atoms with E-state index in [2.05, 4.69) is 10.0 Å². The molecule has 0 aromatic heterocycles. The summed E-state index contributed by atoms with van der Waals surface area (Å²) in [5, 5.41) is 3.10. The Balaban J connectivity index is 1.97. The summed E-state index contributed by atoms with van der Waals surface area (Å²) in [7, 11) is -2.12. The smallest absolute Gasteiger partial charge is 0.234 e. The molecule has 1 aromatic rings. The minimum Gasteiger partial charge on any atom is -0.497 e. The SMILES string of the molecule is COc1ccc(F)c(NS(=O)(=O)CCNC2CC2)c1. The Bertz CT molecular complexity index is 544. The molecule has 0 spiro atoms. The van der Waals surface area contributed by atoms with Gasteiger partial charge in [-0.1, -0.05) is 0 Å². The quantitative estimate of drug-likeness (QED) is 0.794. The monoisotopic (exact) mass is 288 g/mol. The number of benzene rings is 1. The number of hydrogen-bond acceptors (Lipinski definition) is 4. The zero-order chi connectivity index (χ0) is 13.9. The number of rotatable bonds is 7. The molecule has 0 amide bonds. The summed E-state index contributed by atoms with van der Waals surface area (Å²) in [6.45, 7) is 0.367. The molecule has 0 aliphatic heterocycles. The fourth-order valence-electron chi connectivity index (χ4n) is 1.61. The molecule has 1 aliphatic rings. The molecular weight excluding hydrogens is 271 g/mol. The van der Waals surface area contributed by atoms with Crippen molar-refractivity contribution < 1.29 is 17.5 Å². The topological polar surface area (TPSA) is 67.4 Å². The van der Waals surface area contributed by atoms with Crippen LogP contribution in [0.15, 0.2) is 18.2 Å². The van der Waals surface area contributed by atoms with E-state index >= 15 is 0 Å². The van der Waals surface area contributed by atoms with Gasteiger partial charge < -0.3 is 10.1 Å². The van der Waals surface area contributed by atoms with Crippen LogP contribution < -0.4 is 14.8 Å². The minimum atomic E-state index is -3.56. The van der Waals surface area contributed by atoms with Crippen LogP contribution in [0.1, 0.15) is 12.8 Å². The van der Waals surface area contributed by atoms with Crippen molar-refractivity contribution in [3.05, 3.63) is 24.0 Å². The molecule has 19 heavy (non-hydrogen) atoms. The number of anilines is 1.